The molecule has 1 atom stereocenters. The number of benzene rings is 3. The van der Waals surface area contributed by atoms with E-state index in [1.807, 2.05) is 43.3 Å². The molecule has 2 amide bonds. The molecule has 0 aliphatic carbocycles. The molecule has 0 bridgehead atoms. The van der Waals surface area contributed by atoms with Crippen LogP contribution in [0.5, 0.6) is 0 Å². The molecule has 0 saturated carbocycles. The Kier molecular flexibility index (Phi) is 7.24. The second-order valence-corrected chi connectivity index (χ2v) is 8.95. The average Bonchev–Trinajstić information content (AvgIpc) is 2.84. The summed E-state index contributed by atoms with van der Waals surface area (Å²) in [6.45, 7) is 2.18. The first-order valence-electron chi connectivity index (χ1n) is 11.6. The van der Waals surface area contributed by atoms with Crippen molar-refractivity contribution in [3.63, 3.8) is 0 Å². The zero-order chi connectivity index (χ0) is 25.0. The second kappa shape index (κ2) is 10.3. The van der Waals surface area contributed by atoms with E-state index in [1.165, 1.54) is 6.07 Å². The highest BCUT2D eigenvalue weighted by Gasteiger charge is 2.35. The van der Waals surface area contributed by atoms with Gasteiger partial charge in [0.25, 0.3) is 5.91 Å². The molecule has 0 spiro atoms. The number of hydrogen-bond acceptors (Lipinski definition) is 2. The Morgan fingerprint density at radius 2 is 1.66 bits per heavy atom. The van der Waals surface area contributed by atoms with E-state index in [4.69, 9.17) is 0 Å². The van der Waals surface area contributed by atoms with Crippen molar-refractivity contribution in [3.8, 4) is 0 Å². The van der Waals surface area contributed by atoms with E-state index in [9.17, 15) is 22.8 Å². The topological polar surface area (TPSA) is 40.6 Å². The van der Waals surface area contributed by atoms with Gasteiger partial charge in [0.1, 0.15) is 6.54 Å². The Labute approximate surface area is 203 Å². The van der Waals surface area contributed by atoms with E-state index in [0.717, 1.165) is 23.3 Å². The first-order valence-corrected chi connectivity index (χ1v) is 11.6. The number of nitrogens with zero attached hydrogens (tertiary/aromatic N) is 2. The third kappa shape index (κ3) is 6.10. The van der Waals surface area contributed by atoms with Crippen molar-refractivity contribution >= 4 is 11.8 Å². The maximum absolute atomic E-state index is 13.2. The van der Waals surface area contributed by atoms with Gasteiger partial charge in [0.2, 0.25) is 5.91 Å². The van der Waals surface area contributed by atoms with E-state index >= 15 is 0 Å². The van der Waals surface area contributed by atoms with Crippen LogP contribution in [-0.2, 0) is 23.9 Å². The van der Waals surface area contributed by atoms with Crippen molar-refractivity contribution in [3.05, 3.63) is 107 Å². The first kappa shape index (κ1) is 24.5. The fourth-order valence-corrected chi connectivity index (χ4v) is 4.48. The van der Waals surface area contributed by atoms with Crippen LogP contribution in [0.15, 0.2) is 78.9 Å². The molecule has 3 aromatic rings. The maximum atomic E-state index is 13.2. The molecule has 0 unspecified atom stereocenters. The van der Waals surface area contributed by atoms with Crippen molar-refractivity contribution in [1.29, 1.82) is 0 Å². The summed E-state index contributed by atoms with van der Waals surface area (Å²) in [6, 6.07) is 21.8. The Morgan fingerprint density at radius 1 is 0.943 bits per heavy atom. The molecule has 1 aliphatic rings. The van der Waals surface area contributed by atoms with Gasteiger partial charge in [-0.2, -0.15) is 13.2 Å². The van der Waals surface area contributed by atoms with E-state index in [-0.39, 0.29) is 30.9 Å². The highest BCUT2D eigenvalue weighted by atomic mass is 19.4. The van der Waals surface area contributed by atoms with Crippen LogP contribution in [0.25, 0.3) is 0 Å². The molecule has 35 heavy (non-hydrogen) atoms. The van der Waals surface area contributed by atoms with Gasteiger partial charge in [-0.05, 0) is 55.2 Å². The van der Waals surface area contributed by atoms with Crippen molar-refractivity contribution < 1.29 is 22.8 Å². The molecule has 182 valence electrons. The van der Waals surface area contributed by atoms with Gasteiger partial charge < -0.3 is 9.80 Å². The molecule has 1 heterocycles. The fraction of sp³-hybridized carbons (Fsp3) is 0.286. The largest absolute Gasteiger partial charge is 0.416 e. The molecule has 0 N–H and O–H groups in total. The molecule has 0 radical (unpaired) electrons. The van der Waals surface area contributed by atoms with Gasteiger partial charge in [0.15, 0.2) is 0 Å². The third-order valence-corrected chi connectivity index (χ3v) is 6.29. The summed E-state index contributed by atoms with van der Waals surface area (Å²) in [5, 5.41) is 0. The summed E-state index contributed by atoms with van der Waals surface area (Å²) >= 11 is 0. The smallest absolute Gasteiger partial charge is 0.332 e. The van der Waals surface area contributed by atoms with Crippen molar-refractivity contribution in [1.82, 2.24) is 9.80 Å². The van der Waals surface area contributed by atoms with Crippen LogP contribution in [0.2, 0.25) is 0 Å². The van der Waals surface area contributed by atoms with Crippen LogP contribution >= 0.6 is 0 Å². The number of aryl methyl sites for hydroxylation is 2. The normalized spacial score (nSPS) is 16.5. The molecule has 4 rings (SSSR count). The minimum Gasteiger partial charge on any atom is -0.332 e. The first-order chi connectivity index (χ1) is 16.7. The minimum absolute atomic E-state index is 0.0642. The number of amides is 2. The highest BCUT2D eigenvalue weighted by Crippen LogP contribution is 2.30. The van der Waals surface area contributed by atoms with Gasteiger partial charge in [0, 0.05) is 18.7 Å². The number of piperazine rings is 1. The predicted octanol–water partition coefficient (Wildman–Crippen LogP) is 5.50. The summed E-state index contributed by atoms with van der Waals surface area (Å²) in [6.07, 6.45) is -3.18. The lowest BCUT2D eigenvalue weighted by atomic mass is 9.99. The zero-order valence-electron chi connectivity index (χ0n) is 19.5. The molecular weight excluding hydrogens is 453 g/mol. The van der Waals surface area contributed by atoms with Gasteiger partial charge >= 0.3 is 6.18 Å². The molecule has 3 aromatic carbocycles. The lowest BCUT2D eigenvalue weighted by Gasteiger charge is -2.41. The number of rotatable bonds is 6. The summed E-state index contributed by atoms with van der Waals surface area (Å²) < 4.78 is 39.6. The van der Waals surface area contributed by atoms with Crippen molar-refractivity contribution in [2.45, 2.75) is 38.5 Å². The molecule has 1 aliphatic heterocycles. The zero-order valence-corrected chi connectivity index (χ0v) is 19.5. The van der Waals surface area contributed by atoms with E-state index < -0.39 is 11.7 Å². The van der Waals surface area contributed by atoms with Crippen LogP contribution in [0.1, 0.15) is 39.0 Å². The Hall–Kier alpha value is -3.61. The van der Waals surface area contributed by atoms with Crippen LogP contribution in [0.4, 0.5) is 13.2 Å². The summed E-state index contributed by atoms with van der Waals surface area (Å²) in [7, 11) is 0. The van der Waals surface area contributed by atoms with E-state index in [1.54, 1.807) is 34.1 Å². The molecule has 7 heteroatoms. The summed E-state index contributed by atoms with van der Waals surface area (Å²) in [5.41, 5.74) is 2.24. The Bertz CT molecular complexity index is 1190. The average molecular weight is 481 g/mol. The van der Waals surface area contributed by atoms with Crippen LogP contribution in [0.3, 0.4) is 0 Å². The number of halogens is 3. The number of hydrogen-bond donors (Lipinski definition) is 0. The van der Waals surface area contributed by atoms with E-state index in [2.05, 4.69) is 0 Å². The Morgan fingerprint density at radius 3 is 2.37 bits per heavy atom. The number of carbonyl (C=O) groups is 2. The van der Waals surface area contributed by atoms with Gasteiger partial charge in [-0.1, -0.05) is 60.2 Å². The van der Waals surface area contributed by atoms with Crippen LogP contribution < -0.4 is 0 Å². The number of carbonyl (C=O) groups excluding carboxylic acids is 2. The molecule has 0 aromatic heterocycles. The van der Waals surface area contributed by atoms with Gasteiger partial charge in [-0.15, -0.1) is 0 Å². The number of alkyl halides is 3. The highest BCUT2D eigenvalue weighted by molar-refractivity contribution is 5.97. The fourth-order valence-electron chi connectivity index (χ4n) is 4.48. The minimum atomic E-state index is -4.45. The molecule has 1 fully saturated rings. The predicted molar refractivity (Wildman–Crippen MR) is 128 cm³/mol. The molecule has 4 nitrogen and oxygen atoms in total. The summed E-state index contributed by atoms with van der Waals surface area (Å²) in [4.78, 5) is 29.6. The standard InChI is InChI=1S/C28H27F3N2O2/c1-20-7-5-11-23(15-20)27(35)32-18-25(14-13-21-8-3-2-4-9-21)33(26(34)19-32)17-22-10-6-12-24(16-22)28(29,30)31/h2-12,15-16,25H,13-14,17-19H2,1H3/t25-/m0/s1. The van der Waals surface area contributed by atoms with Gasteiger partial charge in [-0.25, -0.2) is 0 Å². The lowest BCUT2D eigenvalue weighted by Crippen LogP contribution is -2.57. The quantitative estimate of drug-likeness (QED) is 0.468. The van der Waals surface area contributed by atoms with Crippen molar-refractivity contribution in [2.24, 2.45) is 0 Å². The lowest BCUT2D eigenvalue weighted by molar-refractivity contribution is -0.139. The van der Waals surface area contributed by atoms with Gasteiger partial charge in [-0.3, -0.25) is 9.59 Å². The maximum Gasteiger partial charge on any atom is 0.416 e. The van der Waals surface area contributed by atoms with Crippen LogP contribution in [0, 0.1) is 6.92 Å². The van der Waals surface area contributed by atoms with Gasteiger partial charge in [0.05, 0.1) is 11.6 Å². The third-order valence-electron chi connectivity index (χ3n) is 6.29. The Balaban J connectivity index is 1.57. The second-order valence-electron chi connectivity index (χ2n) is 8.95. The monoisotopic (exact) mass is 480 g/mol. The van der Waals surface area contributed by atoms with E-state index in [0.29, 0.717) is 30.5 Å². The van der Waals surface area contributed by atoms with Crippen molar-refractivity contribution in [2.75, 3.05) is 13.1 Å². The summed E-state index contributed by atoms with van der Waals surface area (Å²) in [5.74, 6) is -0.488. The SMILES string of the molecule is Cc1cccc(C(=O)N2CC(=O)N(Cc3cccc(C(F)(F)F)c3)[C@@H](CCc3ccccc3)C2)c1. The van der Waals surface area contributed by atoms with Crippen LogP contribution in [-0.4, -0.2) is 40.7 Å². The molecule has 1 saturated heterocycles. The molecular formula is C28H27F3N2O2.